The summed E-state index contributed by atoms with van der Waals surface area (Å²) in [5.74, 6) is -3.02. The Labute approximate surface area is 155 Å². The Morgan fingerprint density at radius 1 is 1.08 bits per heavy atom. The van der Waals surface area contributed by atoms with Gasteiger partial charge in [0.05, 0.1) is 10.6 Å². The van der Waals surface area contributed by atoms with E-state index >= 15 is 0 Å². The van der Waals surface area contributed by atoms with Gasteiger partial charge in [-0.25, -0.2) is 18.6 Å². The first-order valence-corrected chi connectivity index (χ1v) is 8.31. The molecule has 0 atom stereocenters. The highest BCUT2D eigenvalue weighted by molar-refractivity contribution is 6.34. The van der Waals surface area contributed by atoms with Gasteiger partial charge >= 0.3 is 5.97 Å². The molecular formula is C20H16ClF2NO2. The van der Waals surface area contributed by atoms with E-state index < -0.39 is 17.6 Å². The molecule has 6 heteroatoms. The predicted octanol–water partition coefficient (Wildman–Crippen LogP) is 5.26. The van der Waals surface area contributed by atoms with Crippen LogP contribution in [-0.4, -0.2) is 11.9 Å². The van der Waals surface area contributed by atoms with Crippen molar-refractivity contribution >= 4 is 29.5 Å². The van der Waals surface area contributed by atoms with Crippen LogP contribution in [0.3, 0.4) is 0 Å². The molecule has 0 bridgehead atoms. The van der Waals surface area contributed by atoms with Crippen LogP contribution in [0.2, 0.25) is 5.02 Å². The van der Waals surface area contributed by atoms with Gasteiger partial charge in [-0.1, -0.05) is 56.6 Å². The number of benzene rings is 2. The maximum atomic E-state index is 13.4. The third kappa shape index (κ3) is 3.68. The minimum absolute atomic E-state index is 0.0189. The zero-order chi connectivity index (χ0) is 19.1. The summed E-state index contributed by atoms with van der Waals surface area (Å²) in [7, 11) is 0. The van der Waals surface area contributed by atoms with Crippen molar-refractivity contribution in [2.24, 2.45) is 4.99 Å². The van der Waals surface area contributed by atoms with Crippen LogP contribution in [0, 0.1) is 11.6 Å². The van der Waals surface area contributed by atoms with Crippen molar-refractivity contribution in [2.75, 3.05) is 0 Å². The molecule has 1 aliphatic heterocycles. The molecule has 0 aromatic heterocycles. The summed E-state index contributed by atoms with van der Waals surface area (Å²) in [5, 5.41) is -0.0915. The second-order valence-electron chi connectivity index (χ2n) is 6.95. The van der Waals surface area contributed by atoms with Crippen LogP contribution in [0.4, 0.5) is 8.78 Å². The van der Waals surface area contributed by atoms with E-state index in [4.69, 9.17) is 16.3 Å². The summed E-state index contributed by atoms with van der Waals surface area (Å²) in [5.41, 5.74) is 2.03. The third-order valence-corrected chi connectivity index (χ3v) is 4.25. The summed E-state index contributed by atoms with van der Waals surface area (Å²) >= 11 is 5.90. The fourth-order valence-corrected chi connectivity index (χ4v) is 2.68. The second kappa shape index (κ2) is 6.65. The third-order valence-electron chi connectivity index (χ3n) is 3.94. The molecule has 0 N–H and O–H groups in total. The SMILES string of the molecule is CC(C)(C)c1ccc(C=C2N=C(c3cc(F)c(F)cc3Cl)OC2=O)cc1. The lowest BCUT2D eigenvalue weighted by molar-refractivity contribution is -0.129. The Morgan fingerprint density at radius 2 is 1.69 bits per heavy atom. The lowest BCUT2D eigenvalue weighted by Gasteiger charge is -2.18. The van der Waals surface area contributed by atoms with Crippen molar-refractivity contribution < 1.29 is 18.3 Å². The molecule has 3 nitrogen and oxygen atoms in total. The van der Waals surface area contributed by atoms with Gasteiger partial charge in [-0.3, -0.25) is 0 Å². The molecule has 0 spiro atoms. The summed E-state index contributed by atoms with van der Waals surface area (Å²) < 4.78 is 31.7. The Morgan fingerprint density at radius 3 is 2.31 bits per heavy atom. The summed E-state index contributed by atoms with van der Waals surface area (Å²) in [6, 6.07) is 9.37. The molecule has 0 saturated heterocycles. The van der Waals surface area contributed by atoms with Crippen LogP contribution in [0.5, 0.6) is 0 Å². The molecule has 0 unspecified atom stereocenters. The normalized spacial score (nSPS) is 16.0. The van der Waals surface area contributed by atoms with Gasteiger partial charge in [0.2, 0.25) is 5.90 Å². The van der Waals surface area contributed by atoms with Gasteiger partial charge < -0.3 is 4.74 Å². The number of ether oxygens (including phenoxy) is 1. The van der Waals surface area contributed by atoms with Gasteiger partial charge in [-0.05, 0) is 34.8 Å². The summed E-state index contributed by atoms with van der Waals surface area (Å²) in [4.78, 5) is 16.1. The predicted molar refractivity (Wildman–Crippen MR) is 97.1 cm³/mol. The Bertz CT molecular complexity index is 942. The van der Waals surface area contributed by atoms with Gasteiger partial charge in [0, 0.05) is 0 Å². The highest BCUT2D eigenvalue weighted by Gasteiger charge is 2.26. The van der Waals surface area contributed by atoms with Gasteiger partial charge in [-0.2, -0.15) is 0 Å². The number of rotatable bonds is 2. The Balaban J connectivity index is 1.93. The number of esters is 1. The minimum Gasteiger partial charge on any atom is -0.402 e. The smallest absolute Gasteiger partial charge is 0.363 e. The molecule has 0 fully saturated rings. The number of carbonyl (C=O) groups is 1. The number of hydrogen-bond donors (Lipinski definition) is 0. The quantitative estimate of drug-likeness (QED) is 0.408. The lowest BCUT2D eigenvalue weighted by atomic mass is 9.87. The lowest BCUT2D eigenvalue weighted by Crippen LogP contribution is -2.10. The van der Waals surface area contributed by atoms with Crippen LogP contribution in [0.15, 0.2) is 47.1 Å². The first kappa shape index (κ1) is 18.3. The van der Waals surface area contributed by atoms with Gasteiger partial charge in [0.15, 0.2) is 17.3 Å². The van der Waals surface area contributed by atoms with E-state index in [1.54, 1.807) is 6.08 Å². The maximum absolute atomic E-state index is 13.4. The van der Waals surface area contributed by atoms with E-state index in [0.29, 0.717) is 0 Å². The highest BCUT2D eigenvalue weighted by Crippen LogP contribution is 2.27. The minimum atomic E-state index is -1.10. The number of carbonyl (C=O) groups excluding carboxylic acids is 1. The van der Waals surface area contributed by atoms with E-state index in [1.807, 2.05) is 24.3 Å². The van der Waals surface area contributed by atoms with E-state index in [0.717, 1.165) is 23.3 Å². The molecular weight excluding hydrogens is 360 g/mol. The maximum Gasteiger partial charge on any atom is 0.363 e. The molecule has 26 heavy (non-hydrogen) atoms. The number of nitrogens with zero attached hydrogens (tertiary/aromatic N) is 1. The molecule has 0 saturated carbocycles. The Kier molecular flexibility index (Phi) is 4.67. The van der Waals surface area contributed by atoms with Gasteiger partial charge in [0.25, 0.3) is 0 Å². The zero-order valence-electron chi connectivity index (χ0n) is 14.4. The van der Waals surface area contributed by atoms with Crippen molar-refractivity contribution in [3.8, 4) is 0 Å². The molecule has 134 valence electrons. The topological polar surface area (TPSA) is 38.7 Å². The van der Waals surface area contributed by atoms with Crippen LogP contribution >= 0.6 is 11.6 Å². The standard InChI is InChI=1S/C20H16ClF2NO2/c1-20(2,3)12-6-4-11(5-7-12)8-17-19(25)26-18(24-17)13-9-15(22)16(23)10-14(13)21/h4-10H,1-3H3. The fourth-order valence-electron chi connectivity index (χ4n) is 2.45. The molecule has 1 heterocycles. The largest absolute Gasteiger partial charge is 0.402 e. The monoisotopic (exact) mass is 375 g/mol. The van der Waals surface area contributed by atoms with E-state index in [9.17, 15) is 13.6 Å². The van der Waals surface area contributed by atoms with Crippen molar-refractivity contribution in [1.29, 1.82) is 0 Å². The van der Waals surface area contributed by atoms with E-state index in [-0.39, 0.29) is 27.6 Å². The van der Waals surface area contributed by atoms with Crippen LogP contribution in [0.25, 0.3) is 6.08 Å². The molecule has 0 amide bonds. The van der Waals surface area contributed by atoms with Crippen molar-refractivity contribution in [3.63, 3.8) is 0 Å². The molecule has 1 aliphatic rings. The van der Waals surface area contributed by atoms with Gasteiger partial charge in [0.1, 0.15) is 0 Å². The number of halogens is 3. The average Bonchev–Trinajstić information content (AvgIpc) is 2.91. The van der Waals surface area contributed by atoms with Crippen molar-refractivity contribution in [1.82, 2.24) is 0 Å². The fraction of sp³-hybridized carbons (Fsp3) is 0.200. The van der Waals surface area contributed by atoms with Crippen LogP contribution in [-0.2, 0) is 14.9 Å². The van der Waals surface area contributed by atoms with Crippen molar-refractivity contribution in [3.05, 3.63) is 75.4 Å². The number of aliphatic imine (C=N–C) groups is 1. The number of cyclic esters (lactones) is 1. The molecule has 0 radical (unpaired) electrons. The molecule has 2 aromatic carbocycles. The zero-order valence-corrected chi connectivity index (χ0v) is 15.2. The van der Waals surface area contributed by atoms with Crippen LogP contribution < -0.4 is 0 Å². The summed E-state index contributed by atoms with van der Waals surface area (Å²) in [6.45, 7) is 6.32. The first-order valence-electron chi connectivity index (χ1n) is 7.93. The second-order valence-corrected chi connectivity index (χ2v) is 7.36. The van der Waals surface area contributed by atoms with Crippen LogP contribution in [0.1, 0.15) is 37.5 Å². The van der Waals surface area contributed by atoms with Gasteiger partial charge in [-0.15, -0.1) is 0 Å². The molecule has 0 aliphatic carbocycles. The molecule has 3 rings (SSSR count). The first-order chi connectivity index (χ1) is 12.1. The average molecular weight is 376 g/mol. The number of hydrogen-bond acceptors (Lipinski definition) is 3. The van der Waals surface area contributed by atoms with Crippen molar-refractivity contribution in [2.45, 2.75) is 26.2 Å². The summed E-state index contributed by atoms with van der Waals surface area (Å²) in [6.07, 6.45) is 1.57. The van der Waals surface area contributed by atoms with E-state index in [1.165, 1.54) is 0 Å². The molecule has 2 aromatic rings. The van der Waals surface area contributed by atoms with E-state index in [2.05, 4.69) is 25.8 Å². The highest BCUT2D eigenvalue weighted by atomic mass is 35.5. The Hall–Kier alpha value is -2.53.